The normalized spacial score (nSPS) is 13.4. The van der Waals surface area contributed by atoms with Gasteiger partial charge in [-0.3, -0.25) is 9.79 Å². The van der Waals surface area contributed by atoms with E-state index in [9.17, 15) is 9.90 Å². The van der Waals surface area contributed by atoms with Crippen LogP contribution in [0.2, 0.25) is 10.0 Å². The quantitative estimate of drug-likeness (QED) is 0.498. The summed E-state index contributed by atoms with van der Waals surface area (Å²) in [6.45, 7) is 1.79. The van der Waals surface area contributed by atoms with Crippen molar-refractivity contribution in [2.75, 3.05) is 5.32 Å². The van der Waals surface area contributed by atoms with Crippen LogP contribution in [0.5, 0.6) is 5.75 Å². The highest BCUT2D eigenvalue weighted by Gasteiger charge is 2.18. The third kappa shape index (κ3) is 5.92. The number of thiazole rings is 1. The lowest BCUT2D eigenvalue weighted by Crippen LogP contribution is -2.08. The summed E-state index contributed by atoms with van der Waals surface area (Å²) in [5.74, 6) is 0.151. The topological polar surface area (TPSA) is 74.6 Å². The lowest BCUT2D eigenvalue weighted by Gasteiger charge is -1.96. The first-order valence-electron chi connectivity index (χ1n) is 8.82. The van der Waals surface area contributed by atoms with E-state index in [0.717, 1.165) is 15.8 Å². The summed E-state index contributed by atoms with van der Waals surface area (Å²) in [5, 5.41) is 13.7. The predicted octanol–water partition coefficient (Wildman–Crippen LogP) is 5.93. The van der Waals surface area contributed by atoms with E-state index in [2.05, 4.69) is 15.3 Å². The van der Waals surface area contributed by atoms with Crippen molar-refractivity contribution in [2.24, 2.45) is 4.99 Å². The van der Waals surface area contributed by atoms with Crippen molar-refractivity contribution in [1.82, 2.24) is 4.98 Å². The fraction of sp³-hybridized carbons (Fsp3) is 0.250. The van der Waals surface area contributed by atoms with E-state index in [4.69, 9.17) is 23.2 Å². The number of carbonyl (C=O) groups is 1. The number of phenols is 1. The molecule has 0 bridgehead atoms. The van der Waals surface area contributed by atoms with Gasteiger partial charge in [0.15, 0.2) is 5.13 Å². The highest BCUT2D eigenvalue weighted by atomic mass is 35.5. The number of anilines is 1. The number of hydrogen-bond donors (Lipinski definition) is 2. The highest BCUT2D eigenvalue weighted by Crippen LogP contribution is 2.28. The van der Waals surface area contributed by atoms with Gasteiger partial charge in [0.05, 0.1) is 26.3 Å². The van der Waals surface area contributed by atoms with Crippen LogP contribution in [0.4, 0.5) is 5.13 Å². The van der Waals surface area contributed by atoms with E-state index in [-0.39, 0.29) is 11.7 Å². The number of aromatic hydroxyl groups is 1. The second kappa shape index (κ2) is 9.37. The van der Waals surface area contributed by atoms with Gasteiger partial charge in [0.2, 0.25) is 5.91 Å². The second-order valence-corrected chi connectivity index (χ2v) is 8.10. The fourth-order valence-electron chi connectivity index (χ4n) is 2.18. The number of aromatic nitrogens is 1. The molecule has 3 aromatic rings. The SMILES string of the molecule is CCC(=O)Nc1nc2ccc(O)cc2s1.Clc1ccc(C=NC2CC2)cc1Cl. The first kappa shape index (κ1) is 20.6. The molecule has 28 heavy (non-hydrogen) atoms. The molecule has 2 N–H and O–H groups in total. The van der Waals surface area contributed by atoms with Crippen molar-refractivity contribution in [3.05, 3.63) is 52.0 Å². The summed E-state index contributed by atoms with van der Waals surface area (Å²) in [6.07, 6.45) is 4.73. The Bertz CT molecular complexity index is 1020. The minimum atomic E-state index is -0.0571. The third-order valence-electron chi connectivity index (χ3n) is 3.86. The fourth-order valence-corrected chi connectivity index (χ4v) is 3.40. The van der Waals surface area contributed by atoms with Crippen LogP contribution < -0.4 is 5.32 Å². The molecule has 1 heterocycles. The number of halogens is 2. The number of amides is 1. The standard InChI is InChI=1S/C10H9Cl2N.C10H10N2O2S/c11-9-4-1-7(5-10(9)12)6-13-8-2-3-8;1-2-9(14)12-10-11-7-4-3-6(13)5-8(7)15-10/h1,4-6,8H,2-3H2;3-5,13H,2H2,1H3,(H,11,12,14). The minimum Gasteiger partial charge on any atom is -0.508 e. The van der Waals surface area contributed by atoms with E-state index in [1.165, 1.54) is 24.2 Å². The maximum atomic E-state index is 11.1. The monoisotopic (exact) mass is 435 g/mol. The van der Waals surface area contributed by atoms with Gasteiger partial charge in [-0.1, -0.05) is 47.5 Å². The number of phenolic OH excluding ortho intramolecular Hbond substituents is 1. The Morgan fingerprint density at radius 3 is 2.75 bits per heavy atom. The van der Waals surface area contributed by atoms with Gasteiger partial charge < -0.3 is 10.4 Å². The zero-order chi connectivity index (χ0) is 20.1. The van der Waals surface area contributed by atoms with Crippen LogP contribution in [0, 0.1) is 0 Å². The van der Waals surface area contributed by atoms with Crippen LogP contribution in [-0.4, -0.2) is 28.3 Å². The van der Waals surface area contributed by atoms with Crippen molar-refractivity contribution < 1.29 is 9.90 Å². The van der Waals surface area contributed by atoms with E-state index in [1.807, 2.05) is 18.3 Å². The first-order valence-corrected chi connectivity index (χ1v) is 10.4. The molecule has 1 saturated carbocycles. The summed E-state index contributed by atoms with van der Waals surface area (Å²) >= 11 is 13.0. The number of nitrogens with one attached hydrogen (secondary N) is 1. The molecule has 0 saturated heterocycles. The van der Waals surface area contributed by atoms with E-state index in [0.29, 0.717) is 27.6 Å². The Morgan fingerprint density at radius 2 is 2.07 bits per heavy atom. The molecule has 1 aliphatic carbocycles. The van der Waals surface area contributed by atoms with Crippen LogP contribution in [0.25, 0.3) is 10.2 Å². The lowest BCUT2D eigenvalue weighted by atomic mass is 10.2. The number of nitrogens with zero attached hydrogens (tertiary/aromatic N) is 2. The summed E-state index contributed by atoms with van der Waals surface area (Å²) in [4.78, 5) is 19.7. The van der Waals surface area contributed by atoms with Crippen LogP contribution in [-0.2, 0) is 4.79 Å². The summed E-state index contributed by atoms with van der Waals surface area (Å²) in [7, 11) is 0. The molecule has 0 radical (unpaired) electrons. The Balaban J connectivity index is 0.000000162. The minimum absolute atomic E-state index is 0.0571. The van der Waals surface area contributed by atoms with E-state index in [1.54, 1.807) is 31.2 Å². The molecule has 0 aliphatic heterocycles. The summed E-state index contributed by atoms with van der Waals surface area (Å²) in [5.41, 5.74) is 1.80. The van der Waals surface area contributed by atoms with Crippen LogP contribution in [0.15, 0.2) is 41.4 Å². The Hall–Kier alpha value is -2.15. The van der Waals surface area contributed by atoms with Gasteiger partial charge in [0.1, 0.15) is 5.75 Å². The molecule has 1 fully saturated rings. The average molecular weight is 436 g/mol. The van der Waals surface area contributed by atoms with Gasteiger partial charge in [0.25, 0.3) is 0 Å². The van der Waals surface area contributed by atoms with Crippen LogP contribution in [0.3, 0.4) is 0 Å². The Kier molecular flexibility index (Phi) is 6.88. The van der Waals surface area contributed by atoms with Gasteiger partial charge in [0, 0.05) is 12.6 Å². The zero-order valence-electron chi connectivity index (χ0n) is 15.2. The number of aliphatic imine (C=N–C) groups is 1. The number of rotatable bonds is 4. The Labute approximate surface area is 177 Å². The maximum Gasteiger partial charge on any atom is 0.225 e. The lowest BCUT2D eigenvalue weighted by molar-refractivity contribution is -0.115. The van der Waals surface area contributed by atoms with Crippen molar-refractivity contribution in [2.45, 2.75) is 32.2 Å². The number of carbonyl (C=O) groups excluding carboxylic acids is 1. The molecule has 1 amide bonds. The second-order valence-electron chi connectivity index (χ2n) is 6.26. The van der Waals surface area contributed by atoms with Gasteiger partial charge in [-0.05, 0) is 48.7 Å². The molecule has 1 aromatic heterocycles. The predicted molar refractivity (Wildman–Crippen MR) is 117 cm³/mol. The smallest absolute Gasteiger partial charge is 0.225 e. The van der Waals surface area contributed by atoms with Crippen molar-refractivity contribution in [3.8, 4) is 5.75 Å². The summed E-state index contributed by atoms with van der Waals surface area (Å²) in [6, 6.07) is 11.0. The van der Waals surface area contributed by atoms with Gasteiger partial charge in [-0.15, -0.1) is 0 Å². The third-order valence-corrected chi connectivity index (χ3v) is 5.54. The number of fused-ring (bicyclic) bond motifs is 1. The molecule has 0 atom stereocenters. The van der Waals surface area contributed by atoms with Gasteiger partial charge in [-0.2, -0.15) is 0 Å². The van der Waals surface area contributed by atoms with Crippen LogP contribution in [0.1, 0.15) is 31.7 Å². The molecular formula is C20H19Cl2N3O2S. The molecule has 0 spiro atoms. The Morgan fingerprint density at radius 1 is 1.29 bits per heavy atom. The van der Waals surface area contributed by atoms with E-state index >= 15 is 0 Å². The highest BCUT2D eigenvalue weighted by molar-refractivity contribution is 7.22. The van der Waals surface area contributed by atoms with Gasteiger partial charge in [-0.25, -0.2) is 4.98 Å². The number of benzene rings is 2. The van der Waals surface area contributed by atoms with Crippen molar-refractivity contribution in [3.63, 3.8) is 0 Å². The molecular weight excluding hydrogens is 417 g/mol. The maximum absolute atomic E-state index is 11.1. The van der Waals surface area contributed by atoms with Crippen LogP contribution >= 0.6 is 34.5 Å². The zero-order valence-corrected chi connectivity index (χ0v) is 17.5. The molecule has 1 aliphatic rings. The first-order chi connectivity index (χ1) is 13.4. The molecule has 8 heteroatoms. The summed E-state index contributed by atoms with van der Waals surface area (Å²) < 4.78 is 0.862. The largest absolute Gasteiger partial charge is 0.508 e. The average Bonchev–Trinajstić information content (AvgIpc) is 3.42. The van der Waals surface area contributed by atoms with E-state index < -0.39 is 0 Å². The molecule has 4 rings (SSSR count). The number of hydrogen-bond acceptors (Lipinski definition) is 5. The molecule has 5 nitrogen and oxygen atoms in total. The molecule has 2 aromatic carbocycles. The van der Waals surface area contributed by atoms with Gasteiger partial charge >= 0.3 is 0 Å². The van der Waals surface area contributed by atoms with Crippen molar-refractivity contribution in [1.29, 1.82) is 0 Å². The van der Waals surface area contributed by atoms with Crippen molar-refractivity contribution >= 4 is 62.0 Å². The molecule has 0 unspecified atom stereocenters. The molecule has 146 valence electrons.